The van der Waals surface area contributed by atoms with Crippen LogP contribution in [0.5, 0.6) is 0 Å². The average molecular weight is 352 g/mol. The summed E-state index contributed by atoms with van der Waals surface area (Å²) in [5.74, 6) is -1.61. The molecular weight excluding hydrogens is 335 g/mol. The van der Waals surface area contributed by atoms with Gasteiger partial charge in [0.25, 0.3) is 0 Å². The molecule has 0 aliphatic rings. The Labute approximate surface area is 139 Å². The first-order valence-electron chi connectivity index (χ1n) is 7.08. The quantitative estimate of drug-likeness (QED) is 0.484. The Morgan fingerprint density at radius 2 is 1.71 bits per heavy atom. The Balaban J connectivity index is 2.27. The lowest BCUT2D eigenvalue weighted by Crippen LogP contribution is -2.11. The normalized spacial score (nSPS) is 11.2. The number of halogens is 1. The number of esters is 1. The van der Waals surface area contributed by atoms with Crippen molar-refractivity contribution in [1.29, 1.82) is 0 Å². The molecule has 0 bridgehead atoms. The fourth-order valence-electron chi connectivity index (χ4n) is 2.11. The maximum atomic E-state index is 13.3. The fourth-order valence-corrected chi connectivity index (χ4v) is 3.62. The molecule has 128 valence electrons. The van der Waals surface area contributed by atoms with Crippen molar-refractivity contribution in [3.63, 3.8) is 0 Å². The number of carbonyl (C=O) groups excluding carboxylic acids is 1. The second-order valence-corrected chi connectivity index (χ2v) is 7.01. The van der Waals surface area contributed by atoms with Gasteiger partial charge < -0.3 is 16.2 Å². The minimum Gasteiger partial charge on any atom is -0.462 e. The third kappa shape index (κ3) is 3.65. The van der Waals surface area contributed by atoms with E-state index in [1.165, 1.54) is 24.3 Å². The van der Waals surface area contributed by atoms with Crippen molar-refractivity contribution < 1.29 is 22.3 Å². The molecule has 6 nitrogen and oxygen atoms in total. The standard InChI is InChI=1S/C16H17FN2O4S/c1-2-23-16(20)11-5-3-10(4-6-11)9-24(21,22)13-8-7-12(17)14(18)15(13)19/h3-8H,2,9,18-19H2,1H3. The summed E-state index contributed by atoms with van der Waals surface area (Å²) in [4.78, 5) is 11.3. The van der Waals surface area contributed by atoms with Crippen LogP contribution in [-0.4, -0.2) is 21.0 Å². The van der Waals surface area contributed by atoms with Crippen LogP contribution in [0.4, 0.5) is 15.8 Å². The number of benzene rings is 2. The Bertz CT molecular complexity index is 864. The Morgan fingerprint density at radius 1 is 1.08 bits per heavy atom. The summed E-state index contributed by atoms with van der Waals surface area (Å²) >= 11 is 0. The minimum atomic E-state index is -3.81. The average Bonchev–Trinajstić information content (AvgIpc) is 2.53. The number of anilines is 2. The van der Waals surface area contributed by atoms with Gasteiger partial charge in [-0.2, -0.15) is 0 Å². The number of sulfone groups is 1. The Hall–Kier alpha value is -2.61. The molecule has 0 aliphatic carbocycles. The van der Waals surface area contributed by atoms with Crippen molar-refractivity contribution in [2.45, 2.75) is 17.6 Å². The molecule has 4 N–H and O–H groups in total. The fraction of sp³-hybridized carbons (Fsp3) is 0.188. The highest BCUT2D eigenvalue weighted by Crippen LogP contribution is 2.29. The summed E-state index contributed by atoms with van der Waals surface area (Å²) in [5.41, 5.74) is 11.1. The predicted octanol–water partition coefficient (Wildman–Crippen LogP) is 2.14. The van der Waals surface area contributed by atoms with E-state index >= 15 is 0 Å². The van der Waals surface area contributed by atoms with E-state index < -0.39 is 27.3 Å². The molecule has 0 aliphatic heterocycles. The van der Waals surface area contributed by atoms with E-state index in [2.05, 4.69) is 0 Å². The number of nitrogen functional groups attached to an aromatic ring is 2. The van der Waals surface area contributed by atoms with Gasteiger partial charge in [-0.3, -0.25) is 0 Å². The summed E-state index contributed by atoms with van der Waals surface area (Å²) in [6, 6.07) is 8.02. The molecule has 2 rings (SSSR count). The van der Waals surface area contributed by atoms with Crippen LogP contribution in [0.15, 0.2) is 41.3 Å². The molecule has 0 atom stereocenters. The van der Waals surface area contributed by atoms with Gasteiger partial charge in [0, 0.05) is 0 Å². The van der Waals surface area contributed by atoms with Gasteiger partial charge >= 0.3 is 5.97 Å². The first kappa shape index (κ1) is 17.7. The molecule has 0 saturated carbocycles. The van der Waals surface area contributed by atoms with Crippen LogP contribution in [0.2, 0.25) is 0 Å². The highest BCUT2D eigenvalue weighted by atomic mass is 32.2. The first-order chi connectivity index (χ1) is 11.3. The van der Waals surface area contributed by atoms with Crippen LogP contribution in [0.1, 0.15) is 22.8 Å². The van der Waals surface area contributed by atoms with E-state index in [9.17, 15) is 17.6 Å². The van der Waals surface area contributed by atoms with Gasteiger partial charge in [-0.15, -0.1) is 0 Å². The van der Waals surface area contributed by atoms with Crippen LogP contribution >= 0.6 is 0 Å². The third-order valence-corrected chi connectivity index (χ3v) is 5.09. The summed E-state index contributed by atoms with van der Waals surface area (Å²) in [5, 5.41) is 0. The van der Waals surface area contributed by atoms with Crippen LogP contribution < -0.4 is 11.5 Å². The van der Waals surface area contributed by atoms with E-state index in [0.717, 1.165) is 12.1 Å². The number of hydrogen-bond acceptors (Lipinski definition) is 6. The van der Waals surface area contributed by atoms with E-state index in [4.69, 9.17) is 16.2 Å². The minimum absolute atomic E-state index is 0.226. The molecular formula is C16H17FN2O4S. The maximum absolute atomic E-state index is 13.3. The number of rotatable bonds is 5. The second-order valence-electron chi connectivity index (χ2n) is 5.05. The topological polar surface area (TPSA) is 112 Å². The summed E-state index contributed by atoms with van der Waals surface area (Å²) < 4.78 is 43.1. The molecule has 2 aromatic rings. The van der Waals surface area contributed by atoms with Crippen molar-refractivity contribution in [3.8, 4) is 0 Å². The van der Waals surface area contributed by atoms with Crippen LogP contribution in [0.3, 0.4) is 0 Å². The van der Waals surface area contributed by atoms with E-state index in [1.807, 2.05) is 0 Å². The predicted molar refractivity (Wildman–Crippen MR) is 88.5 cm³/mol. The van der Waals surface area contributed by atoms with Gasteiger partial charge in [0.15, 0.2) is 9.84 Å². The summed E-state index contributed by atoms with van der Waals surface area (Å²) in [6.07, 6.45) is 0. The van der Waals surface area contributed by atoms with Crippen molar-refractivity contribution in [1.82, 2.24) is 0 Å². The second kappa shape index (κ2) is 6.88. The lowest BCUT2D eigenvalue weighted by atomic mass is 10.1. The zero-order valence-electron chi connectivity index (χ0n) is 13.0. The first-order valence-corrected chi connectivity index (χ1v) is 8.73. The van der Waals surface area contributed by atoms with Gasteiger partial charge in [0.2, 0.25) is 0 Å². The number of nitrogens with two attached hydrogens (primary N) is 2. The highest BCUT2D eigenvalue weighted by Gasteiger charge is 2.21. The largest absolute Gasteiger partial charge is 0.462 e. The van der Waals surface area contributed by atoms with Crippen molar-refractivity contribution >= 4 is 27.2 Å². The molecule has 0 aromatic heterocycles. The van der Waals surface area contributed by atoms with Gasteiger partial charge in [-0.05, 0) is 36.8 Å². The zero-order valence-corrected chi connectivity index (χ0v) is 13.8. The molecule has 0 fully saturated rings. The maximum Gasteiger partial charge on any atom is 0.338 e. The van der Waals surface area contributed by atoms with Gasteiger partial charge in [-0.1, -0.05) is 12.1 Å². The number of carbonyl (C=O) groups is 1. The number of hydrogen-bond donors (Lipinski definition) is 2. The SMILES string of the molecule is CCOC(=O)c1ccc(CS(=O)(=O)c2ccc(F)c(N)c2N)cc1. The molecule has 0 saturated heterocycles. The molecule has 8 heteroatoms. The monoisotopic (exact) mass is 352 g/mol. The zero-order chi connectivity index (χ0) is 17.9. The molecule has 0 radical (unpaired) electrons. The summed E-state index contributed by atoms with van der Waals surface area (Å²) in [7, 11) is -3.81. The molecule has 2 aromatic carbocycles. The third-order valence-electron chi connectivity index (χ3n) is 3.35. The van der Waals surface area contributed by atoms with E-state index in [-0.39, 0.29) is 22.9 Å². The van der Waals surface area contributed by atoms with Gasteiger partial charge in [0.05, 0.1) is 34.2 Å². The molecule has 0 amide bonds. The van der Waals surface area contributed by atoms with Crippen LogP contribution in [0.25, 0.3) is 0 Å². The molecule has 0 unspecified atom stereocenters. The van der Waals surface area contributed by atoms with Crippen molar-refractivity contribution in [3.05, 3.63) is 53.3 Å². The lowest BCUT2D eigenvalue weighted by molar-refractivity contribution is 0.0526. The van der Waals surface area contributed by atoms with Crippen molar-refractivity contribution in [2.75, 3.05) is 18.1 Å². The molecule has 0 heterocycles. The van der Waals surface area contributed by atoms with Crippen LogP contribution in [0, 0.1) is 5.82 Å². The van der Waals surface area contributed by atoms with E-state index in [0.29, 0.717) is 11.1 Å². The Morgan fingerprint density at radius 3 is 2.29 bits per heavy atom. The molecule has 0 spiro atoms. The molecule has 24 heavy (non-hydrogen) atoms. The smallest absolute Gasteiger partial charge is 0.338 e. The lowest BCUT2D eigenvalue weighted by Gasteiger charge is -2.10. The summed E-state index contributed by atoms with van der Waals surface area (Å²) in [6.45, 7) is 1.94. The van der Waals surface area contributed by atoms with Gasteiger partial charge in [-0.25, -0.2) is 17.6 Å². The Kier molecular flexibility index (Phi) is 5.08. The van der Waals surface area contributed by atoms with Gasteiger partial charge in [0.1, 0.15) is 5.82 Å². The highest BCUT2D eigenvalue weighted by molar-refractivity contribution is 7.90. The number of ether oxygens (including phenoxy) is 1. The van der Waals surface area contributed by atoms with E-state index in [1.54, 1.807) is 6.92 Å². The van der Waals surface area contributed by atoms with Crippen LogP contribution in [-0.2, 0) is 20.3 Å². The van der Waals surface area contributed by atoms with Crippen molar-refractivity contribution in [2.24, 2.45) is 0 Å².